The molecule has 1 fully saturated rings. The SMILES string of the molecule is CCOC(=O)Cc1ccc(N2C(=O)C(=O)/C(=C(\O)c3ccc(OC)cc3OC)C2c2ccc(O)cc2)cc1. The van der Waals surface area contributed by atoms with Crippen LogP contribution in [0.3, 0.4) is 0 Å². The first-order valence-electron chi connectivity index (χ1n) is 11.9. The zero-order chi connectivity index (χ0) is 27.4. The minimum absolute atomic E-state index is 0.00541. The van der Waals surface area contributed by atoms with Crippen LogP contribution in [-0.2, 0) is 25.5 Å². The van der Waals surface area contributed by atoms with E-state index in [4.69, 9.17) is 14.2 Å². The number of rotatable bonds is 8. The lowest BCUT2D eigenvalue weighted by molar-refractivity contribution is -0.142. The Bertz CT molecular complexity index is 1390. The second kappa shape index (κ2) is 11.1. The molecule has 0 aromatic heterocycles. The number of ether oxygens (including phenoxy) is 3. The molecule has 1 heterocycles. The summed E-state index contributed by atoms with van der Waals surface area (Å²) >= 11 is 0. The van der Waals surface area contributed by atoms with Crippen molar-refractivity contribution >= 4 is 29.1 Å². The van der Waals surface area contributed by atoms with Crippen LogP contribution in [0.25, 0.3) is 5.76 Å². The van der Waals surface area contributed by atoms with E-state index < -0.39 is 23.5 Å². The number of aromatic hydroxyl groups is 1. The highest BCUT2D eigenvalue weighted by molar-refractivity contribution is 6.51. The summed E-state index contributed by atoms with van der Waals surface area (Å²) in [6.45, 7) is 2.00. The number of hydrogen-bond donors (Lipinski definition) is 2. The van der Waals surface area contributed by atoms with Gasteiger partial charge in [0.25, 0.3) is 11.7 Å². The summed E-state index contributed by atoms with van der Waals surface area (Å²) in [5.41, 5.74) is 1.62. The Balaban J connectivity index is 1.84. The molecule has 0 aliphatic carbocycles. The Kier molecular flexibility index (Phi) is 7.66. The monoisotopic (exact) mass is 517 g/mol. The van der Waals surface area contributed by atoms with Gasteiger partial charge in [-0.05, 0) is 54.4 Å². The first kappa shape index (κ1) is 26.3. The zero-order valence-corrected chi connectivity index (χ0v) is 21.1. The van der Waals surface area contributed by atoms with Crippen LogP contribution in [0.4, 0.5) is 5.69 Å². The fourth-order valence-electron chi connectivity index (χ4n) is 4.36. The van der Waals surface area contributed by atoms with E-state index in [0.29, 0.717) is 22.6 Å². The zero-order valence-electron chi connectivity index (χ0n) is 21.1. The molecule has 3 aromatic carbocycles. The number of benzene rings is 3. The lowest BCUT2D eigenvalue weighted by atomic mass is 9.94. The van der Waals surface area contributed by atoms with E-state index in [9.17, 15) is 24.6 Å². The van der Waals surface area contributed by atoms with Crippen molar-refractivity contribution in [2.75, 3.05) is 25.7 Å². The van der Waals surface area contributed by atoms with Crippen LogP contribution in [0.15, 0.2) is 72.3 Å². The Morgan fingerprint density at radius 2 is 1.63 bits per heavy atom. The molecular weight excluding hydrogens is 490 g/mol. The Labute approximate surface area is 219 Å². The van der Waals surface area contributed by atoms with Crippen LogP contribution in [0.5, 0.6) is 17.2 Å². The highest BCUT2D eigenvalue weighted by Crippen LogP contribution is 2.44. The Morgan fingerprint density at radius 1 is 0.947 bits per heavy atom. The van der Waals surface area contributed by atoms with Crippen molar-refractivity contribution in [3.63, 3.8) is 0 Å². The second-order valence-electron chi connectivity index (χ2n) is 8.48. The van der Waals surface area contributed by atoms with Gasteiger partial charge in [0.15, 0.2) is 0 Å². The molecule has 0 radical (unpaired) electrons. The number of carbonyl (C=O) groups excluding carboxylic acids is 3. The molecule has 2 N–H and O–H groups in total. The normalized spacial score (nSPS) is 16.4. The van der Waals surface area contributed by atoms with Gasteiger partial charge >= 0.3 is 5.97 Å². The van der Waals surface area contributed by atoms with Crippen molar-refractivity contribution in [1.29, 1.82) is 0 Å². The quantitative estimate of drug-likeness (QED) is 0.198. The number of Topliss-reactive ketones (excluding diaryl/α,β-unsaturated/α-hetero) is 1. The van der Waals surface area contributed by atoms with Crippen LogP contribution in [-0.4, -0.2) is 48.7 Å². The van der Waals surface area contributed by atoms with Gasteiger partial charge in [0.1, 0.15) is 23.0 Å². The van der Waals surface area contributed by atoms with Gasteiger partial charge < -0.3 is 24.4 Å². The van der Waals surface area contributed by atoms with Crippen molar-refractivity contribution < 1.29 is 38.8 Å². The summed E-state index contributed by atoms with van der Waals surface area (Å²) in [5.74, 6) is -1.77. The molecular formula is C29H27NO8. The Morgan fingerprint density at radius 3 is 2.24 bits per heavy atom. The number of phenols is 1. The van der Waals surface area contributed by atoms with E-state index in [1.165, 1.54) is 31.3 Å². The summed E-state index contributed by atoms with van der Waals surface area (Å²) in [7, 11) is 2.90. The molecule has 1 unspecified atom stereocenters. The van der Waals surface area contributed by atoms with Gasteiger partial charge in [-0.1, -0.05) is 24.3 Å². The van der Waals surface area contributed by atoms with E-state index in [2.05, 4.69) is 0 Å². The number of esters is 1. The van der Waals surface area contributed by atoms with Gasteiger partial charge in [-0.3, -0.25) is 19.3 Å². The van der Waals surface area contributed by atoms with Crippen molar-refractivity contribution in [1.82, 2.24) is 0 Å². The second-order valence-corrected chi connectivity index (χ2v) is 8.48. The van der Waals surface area contributed by atoms with Gasteiger partial charge in [0, 0.05) is 11.8 Å². The molecule has 1 atom stereocenters. The van der Waals surface area contributed by atoms with Gasteiger partial charge in [-0.25, -0.2) is 0 Å². The van der Waals surface area contributed by atoms with Gasteiger partial charge in [0.2, 0.25) is 0 Å². The fourth-order valence-corrected chi connectivity index (χ4v) is 4.36. The maximum atomic E-state index is 13.4. The van der Waals surface area contributed by atoms with Crippen LogP contribution >= 0.6 is 0 Å². The maximum absolute atomic E-state index is 13.4. The summed E-state index contributed by atoms with van der Waals surface area (Å²) in [6, 6.07) is 16.3. The number of aliphatic hydroxyl groups excluding tert-OH is 1. The van der Waals surface area contributed by atoms with E-state index in [0.717, 1.165) is 0 Å². The predicted octanol–water partition coefficient (Wildman–Crippen LogP) is 4.14. The molecule has 38 heavy (non-hydrogen) atoms. The van der Waals surface area contributed by atoms with Gasteiger partial charge in [-0.15, -0.1) is 0 Å². The maximum Gasteiger partial charge on any atom is 0.310 e. The number of hydrogen-bond acceptors (Lipinski definition) is 8. The molecule has 9 nitrogen and oxygen atoms in total. The first-order valence-corrected chi connectivity index (χ1v) is 11.9. The van der Waals surface area contributed by atoms with Crippen molar-refractivity contribution in [3.8, 4) is 17.2 Å². The number of anilines is 1. The molecule has 1 aliphatic heterocycles. The summed E-state index contributed by atoms with van der Waals surface area (Å²) in [4.78, 5) is 39.9. The number of ketones is 1. The molecule has 9 heteroatoms. The molecule has 4 rings (SSSR count). The van der Waals surface area contributed by atoms with E-state index >= 15 is 0 Å². The highest BCUT2D eigenvalue weighted by atomic mass is 16.5. The first-order chi connectivity index (χ1) is 18.3. The molecule has 1 saturated heterocycles. The number of aliphatic hydroxyl groups is 1. The predicted molar refractivity (Wildman–Crippen MR) is 139 cm³/mol. The third kappa shape index (κ3) is 5.04. The van der Waals surface area contributed by atoms with Crippen molar-refractivity contribution in [2.24, 2.45) is 0 Å². The van der Waals surface area contributed by atoms with E-state index in [1.807, 2.05) is 0 Å². The van der Waals surface area contributed by atoms with Crippen LogP contribution in [0.2, 0.25) is 0 Å². The molecule has 0 spiro atoms. The number of carbonyl (C=O) groups is 3. The Hall–Kier alpha value is -4.79. The topological polar surface area (TPSA) is 123 Å². The van der Waals surface area contributed by atoms with E-state index in [1.54, 1.807) is 61.5 Å². The average molecular weight is 518 g/mol. The largest absolute Gasteiger partial charge is 0.508 e. The van der Waals surface area contributed by atoms with Gasteiger partial charge in [0.05, 0.1) is 44.4 Å². The highest BCUT2D eigenvalue weighted by Gasteiger charge is 2.47. The van der Waals surface area contributed by atoms with Crippen LogP contribution < -0.4 is 14.4 Å². The number of nitrogens with zero attached hydrogens (tertiary/aromatic N) is 1. The third-order valence-electron chi connectivity index (χ3n) is 6.19. The van der Waals surface area contributed by atoms with Crippen LogP contribution in [0, 0.1) is 0 Å². The summed E-state index contributed by atoms with van der Waals surface area (Å²) in [6.07, 6.45) is 0.0611. The van der Waals surface area contributed by atoms with Gasteiger partial charge in [-0.2, -0.15) is 0 Å². The standard InChI is InChI=1S/C29H27NO8/c1-4-38-24(32)15-17-5-9-19(10-6-17)30-26(18-7-11-20(31)12-8-18)25(28(34)29(30)35)27(33)22-14-13-21(36-2)16-23(22)37-3/h5-14,16,26,31,33H,4,15H2,1-3H3/b27-25-. The summed E-state index contributed by atoms with van der Waals surface area (Å²) < 4.78 is 15.6. The van der Waals surface area contributed by atoms with Crippen molar-refractivity contribution in [3.05, 3.63) is 89.0 Å². The minimum atomic E-state index is -1.00. The fraction of sp³-hybridized carbons (Fsp3) is 0.207. The average Bonchev–Trinajstić information content (AvgIpc) is 3.19. The molecule has 0 bridgehead atoms. The minimum Gasteiger partial charge on any atom is -0.508 e. The van der Waals surface area contributed by atoms with Crippen LogP contribution in [0.1, 0.15) is 29.7 Å². The molecule has 3 aromatic rings. The van der Waals surface area contributed by atoms with Crippen molar-refractivity contribution in [2.45, 2.75) is 19.4 Å². The molecule has 1 amide bonds. The molecule has 0 saturated carbocycles. The lowest BCUT2D eigenvalue weighted by Gasteiger charge is -2.26. The number of amides is 1. The molecule has 1 aliphatic rings. The summed E-state index contributed by atoms with van der Waals surface area (Å²) in [5, 5.41) is 21.2. The number of methoxy groups -OCH3 is 2. The lowest BCUT2D eigenvalue weighted by Crippen LogP contribution is -2.29. The molecule has 196 valence electrons. The smallest absolute Gasteiger partial charge is 0.310 e. The van der Waals surface area contributed by atoms with E-state index in [-0.39, 0.29) is 41.6 Å². The number of phenolic OH excluding ortho intramolecular Hbond substituents is 1. The third-order valence-corrected chi connectivity index (χ3v) is 6.19.